The van der Waals surface area contributed by atoms with Crippen molar-refractivity contribution in [2.75, 3.05) is 18.4 Å². The number of rotatable bonds is 6. The molecule has 3 heterocycles. The Morgan fingerprint density at radius 1 is 1.05 bits per heavy atom. The zero-order valence-corrected chi connectivity index (χ0v) is 21.1. The summed E-state index contributed by atoms with van der Waals surface area (Å²) in [5, 5.41) is 3.43. The molecule has 1 atom stereocenters. The van der Waals surface area contributed by atoms with Crippen molar-refractivity contribution in [2.24, 2.45) is 4.99 Å². The summed E-state index contributed by atoms with van der Waals surface area (Å²) < 4.78 is 34.4. The first-order chi connectivity index (χ1) is 18.2. The quantitative estimate of drug-likeness (QED) is 0.425. The number of fused-ring (bicyclic) bond motifs is 1. The second-order valence-corrected chi connectivity index (χ2v) is 10.1. The molecule has 3 aliphatic rings. The van der Waals surface area contributed by atoms with Crippen LogP contribution in [-0.2, 0) is 16.0 Å². The highest BCUT2D eigenvalue weighted by Gasteiger charge is 2.47. The van der Waals surface area contributed by atoms with Gasteiger partial charge >= 0.3 is 0 Å². The lowest BCUT2D eigenvalue weighted by Crippen LogP contribution is -2.40. The Bertz CT molecular complexity index is 1530. The van der Waals surface area contributed by atoms with E-state index in [0.29, 0.717) is 44.6 Å². The number of aliphatic imine (C=N–C) groups is 1. The van der Waals surface area contributed by atoms with Crippen LogP contribution in [0.5, 0.6) is 11.5 Å². The number of amides is 2. The molecule has 6 rings (SSSR count). The molecular formula is C29H22ClF2N3O3. The molecule has 0 bridgehead atoms. The standard InChI is InChI=1S/C29H22ClF2N3O3/c1-29(31,32)15-35-27(16-5-9-18(10-6-16)38-19-11-7-17(30)8-12-19)25-22(28(35)37)14-33-26(25)20-3-2-4-23-21(20)13-24(36)34-23/h2-12,27H,13-15H2,1H3,(H,34,36). The largest absolute Gasteiger partial charge is 0.457 e. The Balaban J connectivity index is 1.38. The summed E-state index contributed by atoms with van der Waals surface area (Å²) >= 11 is 5.94. The summed E-state index contributed by atoms with van der Waals surface area (Å²) in [6.07, 6.45) is 0.194. The van der Waals surface area contributed by atoms with Gasteiger partial charge in [-0.05, 0) is 53.6 Å². The van der Waals surface area contributed by atoms with Crippen LogP contribution >= 0.6 is 11.6 Å². The third-order valence-corrected chi connectivity index (χ3v) is 7.07. The number of nitrogens with one attached hydrogen (secondary N) is 1. The number of benzene rings is 3. The summed E-state index contributed by atoms with van der Waals surface area (Å²) in [6, 6.07) is 18.7. The van der Waals surface area contributed by atoms with E-state index >= 15 is 0 Å². The van der Waals surface area contributed by atoms with Gasteiger partial charge in [0.15, 0.2) is 0 Å². The molecule has 0 saturated heterocycles. The number of hydrogen-bond donors (Lipinski definition) is 1. The van der Waals surface area contributed by atoms with Gasteiger partial charge in [-0.15, -0.1) is 0 Å². The highest BCUT2D eigenvalue weighted by atomic mass is 35.5. The highest BCUT2D eigenvalue weighted by molar-refractivity contribution is 6.30. The molecule has 3 aromatic rings. The van der Waals surface area contributed by atoms with E-state index in [-0.39, 0.29) is 18.9 Å². The van der Waals surface area contributed by atoms with E-state index < -0.39 is 24.4 Å². The van der Waals surface area contributed by atoms with Gasteiger partial charge in [0, 0.05) is 34.3 Å². The van der Waals surface area contributed by atoms with Gasteiger partial charge in [-0.2, -0.15) is 0 Å². The lowest BCUT2D eigenvalue weighted by Gasteiger charge is -2.30. The fraction of sp³-hybridized carbons (Fsp3) is 0.207. The zero-order valence-electron chi connectivity index (χ0n) is 20.3. The van der Waals surface area contributed by atoms with Crippen molar-refractivity contribution in [1.82, 2.24) is 4.90 Å². The average Bonchev–Trinajstić information content (AvgIpc) is 3.54. The van der Waals surface area contributed by atoms with E-state index in [1.54, 1.807) is 48.5 Å². The van der Waals surface area contributed by atoms with Crippen molar-refractivity contribution in [3.05, 3.63) is 99.6 Å². The Kier molecular flexibility index (Phi) is 5.79. The normalized spacial score (nSPS) is 18.5. The number of anilines is 1. The van der Waals surface area contributed by atoms with E-state index in [1.165, 1.54) is 4.90 Å². The molecule has 3 aromatic carbocycles. The molecule has 0 fully saturated rings. The van der Waals surface area contributed by atoms with Crippen molar-refractivity contribution in [1.29, 1.82) is 0 Å². The minimum Gasteiger partial charge on any atom is -0.457 e. The lowest BCUT2D eigenvalue weighted by atomic mass is 9.89. The first-order valence-electron chi connectivity index (χ1n) is 12.1. The van der Waals surface area contributed by atoms with Crippen LogP contribution in [0.15, 0.2) is 82.9 Å². The summed E-state index contributed by atoms with van der Waals surface area (Å²) in [7, 11) is 0. The average molecular weight is 534 g/mol. The van der Waals surface area contributed by atoms with Crippen molar-refractivity contribution < 1.29 is 23.1 Å². The molecule has 0 spiro atoms. The van der Waals surface area contributed by atoms with Crippen LogP contribution in [0.1, 0.15) is 29.7 Å². The van der Waals surface area contributed by atoms with Gasteiger partial charge in [0.1, 0.15) is 11.5 Å². The Labute approximate surface area is 222 Å². The second-order valence-electron chi connectivity index (χ2n) is 9.64. The van der Waals surface area contributed by atoms with Gasteiger partial charge in [0.25, 0.3) is 11.8 Å². The summed E-state index contributed by atoms with van der Waals surface area (Å²) in [6.45, 7) is 0.182. The highest BCUT2D eigenvalue weighted by Crippen LogP contribution is 2.45. The summed E-state index contributed by atoms with van der Waals surface area (Å²) in [5.74, 6) is -2.52. The van der Waals surface area contributed by atoms with Crippen molar-refractivity contribution in [3.63, 3.8) is 0 Å². The van der Waals surface area contributed by atoms with Gasteiger partial charge in [-0.25, -0.2) is 8.78 Å². The third kappa shape index (κ3) is 4.35. The van der Waals surface area contributed by atoms with Gasteiger partial charge in [-0.3, -0.25) is 14.6 Å². The lowest BCUT2D eigenvalue weighted by molar-refractivity contribution is -0.132. The number of alkyl halides is 2. The molecule has 38 heavy (non-hydrogen) atoms. The van der Waals surface area contributed by atoms with E-state index in [0.717, 1.165) is 18.1 Å². The van der Waals surface area contributed by atoms with Crippen LogP contribution in [0.4, 0.5) is 14.5 Å². The SMILES string of the molecule is CC(F)(F)CN1C(=O)C2=C(C(c3cccc4c3CC(=O)N4)=NC2)C1c1ccc(Oc2ccc(Cl)cc2)cc1. The molecule has 0 aliphatic carbocycles. The molecule has 0 aromatic heterocycles. The van der Waals surface area contributed by atoms with E-state index in [2.05, 4.69) is 10.3 Å². The van der Waals surface area contributed by atoms with Gasteiger partial charge < -0.3 is 15.0 Å². The van der Waals surface area contributed by atoms with E-state index in [4.69, 9.17) is 16.3 Å². The van der Waals surface area contributed by atoms with E-state index in [9.17, 15) is 18.4 Å². The predicted octanol–water partition coefficient (Wildman–Crippen LogP) is 5.96. The summed E-state index contributed by atoms with van der Waals surface area (Å²) in [5.41, 5.74) is 4.47. The van der Waals surface area contributed by atoms with Gasteiger partial charge in [0.2, 0.25) is 5.91 Å². The number of ether oxygens (including phenoxy) is 1. The topological polar surface area (TPSA) is 71.0 Å². The number of carbonyl (C=O) groups excluding carboxylic acids is 2. The monoisotopic (exact) mass is 533 g/mol. The van der Waals surface area contributed by atoms with E-state index in [1.807, 2.05) is 18.2 Å². The van der Waals surface area contributed by atoms with Gasteiger partial charge in [-0.1, -0.05) is 35.9 Å². The van der Waals surface area contributed by atoms with Crippen molar-refractivity contribution in [3.8, 4) is 11.5 Å². The maximum Gasteiger partial charge on any atom is 0.262 e. The molecule has 1 unspecified atom stereocenters. The molecule has 6 nitrogen and oxygen atoms in total. The van der Waals surface area contributed by atoms with Crippen LogP contribution < -0.4 is 10.1 Å². The molecule has 9 heteroatoms. The maximum atomic E-state index is 14.3. The fourth-order valence-electron chi connectivity index (χ4n) is 5.26. The predicted molar refractivity (Wildman–Crippen MR) is 140 cm³/mol. The van der Waals surface area contributed by atoms with Crippen LogP contribution in [0, 0.1) is 0 Å². The first kappa shape index (κ1) is 24.3. The molecule has 2 amide bonds. The Morgan fingerprint density at radius 2 is 1.74 bits per heavy atom. The molecule has 192 valence electrons. The van der Waals surface area contributed by atoms with Crippen molar-refractivity contribution in [2.45, 2.75) is 25.3 Å². The second kappa shape index (κ2) is 9.06. The third-order valence-electron chi connectivity index (χ3n) is 6.82. The van der Waals surface area contributed by atoms with Gasteiger partial charge in [0.05, 0.1) is 31.3 Å². The van der Waals surface area contributed by atoms with Crippen LogP contribution in [-0.4, -0.2) is 41.4 Å². The molecule has 3 aliphatic heterocycles. The smallest absolute Gasteiger partial charge is 0.262 e. The van der Waals surface area contributed by atoms with Crippen LogP contribution in [0.3, 0.4) is 0 Å². The minimum atomic E-state index is -3.09. The Morgan fingerprint density at radius 3 is 2.42 bits per heavy atom. The minimum absolute atomic E-state index is 0.106. The number of hydrogen-bond acceptors (Lipinski definition) is 4. The molecular weight excluding hydrogens is 512 g/mol. The zero-order chi connectivity index (χ0) is 26.6. The van der Waals surface area contributed by atoms with Crippen LogP contribution in [0.2, 0.25) is 5.02 Å². The number of halogens is 3. The molecule has 1 N–H and O–H groups in total. The maximum absolute atomic E-state index is 14.3. The Hall–Kier alpha value is -4.04. The van der Waals surface area contributed by atoms with Crippen LogP contribution in [0.25, 0.3) is 0 Å². The summed E-state index contributed by atoms with van der Waals surface area (Å²) in [4.78, 5) is 31.4. The number of nitrogens with zero attached hydrogens (tertiary/aromatic N) is 2. The number of carbonyl (C=O) groups is 2. The van der Waals surface area contributed by atoms with Crippen molar-refractivity contribution >= 4 is 34.8 Å². The first-order valence-corrected chi connectivity index (χ1v) is 12.5. The molecule has 0 radical (unpaired) electrons. The molecule has 0 saturated carbocycles. The fourth-order valence-corrected chi connectivity index (χ4v) is 5.39.